The molecule has 1 saturated carbocycles. The second-order valence-electron chi connectivity index (χ2n) is 5.17. The number of hydrogen-bond acceptors (Lipinski definition) is 4. The number of ether oxygens (including phenoxy) is 2. The van der Waals surface area contributed by atoms with Crippen LogP contribution in [-0.4, -0.2) is 51.6 Å². The van der Waals surface area contributed by atoms with Gasteiger partial charge >= 0.3 is 0 Å². The molecule has 0 bridgehead atoms. The molecule has 4 nitrogen and oxygen atoms in total. The van der Waals surface area contributed by atoms with Gasteiger partial charge in [-0.2, -0.15) is 0 Å². The van der Waals surface area contributed by atoms with E-state index in [1.807, 2.05) is 0 Å². The fourth-order valence-corrected chi connectivity index (χ4v) is 1.75. The molecule has 16 heavy (non-hydrogen) atoms. The van der Waals surface area contributed by atoms with E-state index in [1.54, 1.807) is 0 Å². The Kier molecular flexibility index (Phi) is 4.58. The van der Waals surface area contributed by atoms with Crippen LogP contribution in [0.2, 0.25) is 0 Å². The Bertz CT molecular complexity index is 203. The molecule has 1 aliphatic heterocycles. The summed E-state index contributed by atoms with van der Waals surface area (Å²) in [7, 11) is 0. The lowest BCUT2D eigenvalue weighted by molar-refractivity contribution is -0.0649. The highest BCUT2D eigenvalue weighted by Gasteiger charge is 2.31. The third-order valence-corrected chi connectivity index (χ3v) is 3.20. The molecule has 1 saturated heterocycles. The van der Waals surface area contributed by atoms with Crippen molar-refractivity contribution in [2.45, 2.75) is 25.4 Å². The Morgan fingerprint density at radius 2 is 2.00 bits per heavy atom. The van der Waals surface area contributed by atoms with Crippen molar-refractivity contribution in [3.05, 3.63) is 0 Å². The van der Waals surface area contributed by atoms with Crippen molar-refractivity contribution in [1.29, 1.82) is 0 Å². The fourth-order valence-electron chi connectivity index (χ4n) is 1.75. The van der Waals surface area contributed by atoms with Crippen molar-refractivity contribution in [2.75, 3.05) is 46.0 Å². The summed E-state index contributed by atoms with van der Waals surface area (Å²) < 4.78 is 11.3. The van der Waals surface area contributed by atoms with Crippen molar-refractivity contribution in [2.24, 2.45) is 5.92 Å². The summed E-state index contributed by atoms with van der Waals surface area (Å²) in [5.41, 5.74) is 0.0875. The van der Waals surface area contributed by atoms with Crippen molar-refractivity contribution in [3.63, 3.8) is 0 Å². The molecule has 0 aromatic heterocycles. The van der Waals surface area contributed by atoms with Crippen molar-refractivity contribution in [3.8, 4) is 0 Å². The average Bonchev–Trinajstić information content (AvgIpc) is 3.03. The summed E-state index contributed by atoms with van der Waals surface area (Å²) in [5.74, 6) is 0.870. The summed E-state index contributed by atoms with van der Waals surface area (Å²) in [4.78, 5) is 0. The summed E-state index contributed by atoms with van der Waals surface area (Å²) in [6.45, 7) is 8.56. The molecule has 0 aromatic carbocycles. The lowest BCUT2D eigenvalue weighted by Gasteiger charge is -2.39. The highest BCUT2D eigenvalue weighted by molar-refractivity contribution is 4.90. The van der Waals surface area contributed by atoms with Gasteiger partial charge in [0.1, 0.15) is 0 Å². The zero-order chi connectivity index (χ0) is 11.3. The maximum Gasteiger partial charge on any atom is 0.0902 e. The van der Waals surface area contributed by atoms with E-state index in [0.29, 0.717) is 0 Å². The molecule has 0 aromatic rings. The molecule has 0 radical (unpaired) electrons. The number of nitrogens with one attached hydrogen (secondary N) is 2. The van der Waals surface area contributed by atoms with Crippen LogP contribution in [0.15, 0.2) is 0 Å². The zero-order valence-corrected chi connectivity index (χ0v) is 10.3. The first kappa shape index (κ1) is 12.3. The van der Waals surface area contributed by atoms with Gasteiger partial charge in [-0.1, -0.05) is 0 Å². The maximum atomic E-state index is 5.75. The molecule has 2 fully saturated rings. The topological polar surface area (TPSA) is 42.5 Å². The van der Waals surface area contributed by atoms with Crippen LogP contribution in [0.1, 0.15) is 19.8 Å². The summed E-state index contributed by atoms with van der Waals surface area (Å²) in [6, 6.07) is 0. The first-order valence-electron chi connectivity index (χ1n) is 6.42. The monoisotopic (exact) mass is 228 g/mol. The van der Waals surface area contributed by atoms with Crippen LogP contribution >= 0.6 is 0 Å². The normalized spacial score (nSPS) is 23.1. The van der Waals surface area contributed by atoms with Crippen LogP contribution in [-0.2, 0) is 9.47 Å². The van der Waals surface area contributed by atoms with Crippen LogP contribution < -0.4 is 10.6 Å². The third kappa shape index (κ3) is 4.37. The van der Waals surface area contributed by atoms with E-state index in [1.165, 1.54) is 12.8 Å². The standard InChI is InChI=1S/C12H24N2O2/c1-12(9-14-10-12)16-7-5-13-4-6-15-8-11-2-3-11/h11,13-14H,2-10H2,1H3. The van der Waals surface area contributed by atoms with Gasteiger partial charge in [0.15, 0.2) is 0 Å². The van der Waals surface area contributed by atoms with Gasteiger partial charge < -0.3 is 20.1 Å². The molecule has 94 valence electrons. The molecule has 2 aliphatic rings. The molecule has 2 rings (SSSR count). The second kappa shape index (κ2) is 5.96. The molecule has 0 amide bonds. The van der Waals surface area contributed by atoms with E-state index < -0.39 is 0 Å². The molecular formula is C12H24N2O2. The summed E-state index contributed by atoms with van der Waals surface area (Å²) in [5, 5.41) is 6.55. The van der Waals surface area contributed by atoms with Crippen molar-refractivity contribution < 1.29 is 9.47 Å². The molecule has 4 heteroatoms. The summed E-state index contributed by atoms with van der Waals surface area (Å²) >= 11 is 0. The van der Waals surface area contributed by atoms with E-state index >= 15 is 0 Å². The van der Waals surface area contributed by atoms with E-state index in [4.69, 9.17) is 9.47 Å². The fraction of sp³-hybridized carbons (Fsp3) is 1.00. The Labute approximate surface area is 98.1 Å². The highest BCUT2D eigenvalue weighted by Crippen LogP contribution is 2.28. The Hall–Kier alpha value is -0.160. The van der Waals surface area contributed by atoms with Gasteiger partial charge in [-0.05, 0) is 25.7 Å². The van der Waals surface area contributed by atoms with Crippen LogP contribution in [0.25, 0.3) is 0 Å². The van der Waals surface area contributed by atoms with Crippen LogP contribution in [0.5, 0.6) is 0 Å². The predicted octanol–water partition coefficient (Wildman–Crippen LogP) is 0.381. The van der Waals surface area contributed by atoms with Gasteiger partial charge in [0, 0.05) is 32.8 Å². The van der Waals surface area contributed by atoms with Crippen LogP contribution in [0, 0.1) is 5.92 Å². The minimum absolute atomic E-state index is 0.0875. The second-order valence-corrected chi connectivity index (χ2v) is 5.17. The van der Waals surface area contributed by atoms with Crippen LogP contribution in [0.3, 0.4) is 0 Å². The minimum atomic E-state index is 0.0875. The molecule has 1 heterocycles. The van der Waals surface area contributed by atoms with Gasteiger partial charge in [-0.3, -0.25) is 0 Å². The average molecular weight is 228 g/mol. The zero-order valence-electron chi connectivity index (χ0n) is 10.3. The van der Waals surface area contributed by atoms with Gasteiger partial charge in [-0.15, -0.1) is 0 Å². The molecule has 0 unspecified atom stereocenters. The minimum Gasteiger partial charge on any atom is -0.380 e. The molecule has 0 atom stereocenters. The lowest BCUT2D eigenvalue weighted by Crippen LogP contribution is -2.59. The van der Waals surface area contributed by atoms with Gasteiger partial charge in [-0.25, -0.2) is 0 Å². The predicted molar refractivity (Wildman–Crippen MR) is 63.6 cm³/mol. The van der Waals surface area contributed by atoms with Gasteiger partial charge in [0.2, 0.25) is 0 Å². The first-order valence-corrected chi connectivity index (χ1v) is 6.42. The molecular weight excluding hydrogens is 204 g/mol. The largest absolute Gasteiger partial charge is 0.380 e. The lowest BCUT2D eigenvalue weighted by atomic mass is 10.0. The van der Waals surface area contributed by atoms with Crippen molar-refractivity contribution in [1.82, 2.24) is 10.6 Å². The number of hydrogen-bond donors (Lipinski definition) is 2. The van der Waals surface area contributed by atoms with Gasteiger partial charge in [0.25, 0.3) is 0 Å². The molecule has 0 spiro atoms. The summed E-state index contributed by atoms with van der Waals surface area (Å²) in [6.07, 6.45) is 2.74. The quantitative estimate of drug-likeness (QED) is 0.560. The van der Waals surface area contributed by atoms with E-state index in [2.05, 4.69) is 17.6 Å². The molecule has 2 N–H and O–H groups in total. The first-order chi connectivity index (χ1) is 7.79. The number of rotatable bonds is 9. The Morgan fingerprint density at radius 1 is 1.25 bits per heavy atom. The molecule has 1 aliphatic carbocycles. The van der Waals surface area contributed by atoms with E-state index in [-0.39, 0.29) is 5.60 Å². The highest BCUT2D eigenvalue weighted by atomic mass is 16.5. The van der Waals surface area contributed by atoms with E-state index in [9.17, 15) is 0 Å². The SMILES string of the molecule is CC1(OCCNCCOCC2CC2)CNC1. The third-order valence-electron chi connectivity index (χ3n) is 3.20. The Morgan fingerprint density at radius 3 is 2.62 bits per heavy atom. The Balaban J connectivity index is 1.32. The maximum absolute atomic E-state index is 5.75. The van der Waals surface area contributed by atoms with Crippen LogP contribution in [0.4, 0.5) is 0 Å². The smallest absolute Gasteiger partial charge is 0.0902 e. The van der Waals surface area contributed by atoms with Gasteiger partial charge in [0.05, 0.1) is 18.8 Å². The van der Waals surface area contributed by atoms with Crippen molar-refractivity contribution >= 4 is 0 Å². The van der Waals surface area contributed by atoms with E-state index in [0.717, 1.165) is 51.9 Å².